The van der Waals surface area contributed by atoms with Gasteiger partial charge in [0.15, 0.2) is 0 Å². The predicted molar refractivity (Wildman–Crippen MR) is 55.0 cm³/mol. The predicted octanol–water partition coefficient (Wildman–Crippen LogP) is -0.130. The summed E-state index contributed by atoms with van der Waals surface area (Å²) in [6.07, 6.45) is 6.09. The Morgan fingerprint density at radius 1 is 1.53 bits per heavy atom. The van der Waals surface area contributed by atoms with E-state index in [4.69, 9.17) is 0 Å². The van der Waals surface area contributed by atoms with Crippen LogP contribution in [0.4, 0.5) is 0 Å². The summed E-state index contributed by atoms with van der Waals surface area (Å²) in [5.74, 6) is 0.993. The first-order valence-corrected chi connectivity index (χ1v) is 4.87. The molecule has 6 heteroatoms. The van der Waals surface area contributed by atoms with Gasteiger partial charge in [0.2, 0.25) is 0 Å². The van der Waals surface area contributed by atoms with Crippen molar-refractivity contribution in [2.45, 2.75) is 13.0 Å². The molecule has 6 nitrogen and oxygen atoms in total. The van der Waals surface area contributed by atoms with Gasteiger partial charge in [-0.1, -0.05) is 0 Å². The highest BCUT2D eigenvalue weighted by Gasteiger charge is 1.99. The quantitative estimate of drug-likeness (QED) is 0.668. The zero-order valence-corrected chi connectivity index (χ0v) is 8.64. The summed E-state index contributed by atoms with van der Waals surface area (Å²) >= 11 is 0. The summed E-state index contributed by atoms with van der Waals surface area (Å²) in [6.45, 7) is 1.68. The Kier molecular flexibility index (Phi) is 3.08. The highest BCUT2D eigenvalue weighted by atomic mass is 15.2. The molecule has 0 amide bonds. The van der Waals surface area contributed by atoms with Crippen LogP contribution in [0.25, 0.3) is 0 Å². The van der Waals surface area contributed by atoms with Gasteiger partial charge in [-0.15, -0.1) is 10.2 Å². The molecular weight excluding hydrogens is 192 g/mol. The SMILES string of the molecule is Cn1cnnc1CCNCc1cnc[nH]1. The second-order valence-electron chi connectivity index (χ2n) is 3.36. The molecule has 0 spiro atoms. The molecule has 0 atom stereocenters. The molecule has 0 bridgehead atoms. The molecule has 15 heavy (non-hydrogen) atoms. The lowest BCUT2D eigenvalue weighted by molar-refractivity contribution is 0.647. The molecule has 2 aromatic heterocycles. The fourth-order valence-corrected chi connectivity index (χ4v) is 1.34. The van der Waals surface area contributed by atoms with Crippen molar-refractivity contribution in [3.05, 3.63) is 30.4 Å². The van der Waals surface area contributed by atoms with Crippen LogP contribution in [-0.2, 0) is 20.0 Å². The number of hydrogen-bond donors (Lipinski definition) is 2. The van der Waals surface area contributed by atoms with Crippen LogP contribution in [0.5, 0.6) is 0 Å². The first-order valence-electron chi connectivity index (χ1n) is 4.87. The van der Waals surface area contributed by atoms with Crippen LogP contribution in [0.15, 0.2) is 18.9 Å². The number of aromatic nitrogens is 5. The fraction of sp³-hybridized carbons (Fsp3) is 0.444. The second kappa shape index (κ2) is 4.70. The molecule has 0 radical (unpaired) electrons. The summed E-state index contributed by atoms with van der Waals surface area (Å²) in [5, 5.41) is 11.1. The van der Waals surface area contributed by atoms with E-state index in [9.17, 15) is 0 Å². The number of nitrogens with zero attached hydrogens (tertiary/aromatic N) is 4. The summed E-state index contributed by atoms with van der Waals surface area (Å²) in [7, 11) is 1.95. The summed E-state index contributed by atoms with van der Waals surface area (Å²) in [6, 6.07) is 0. The number of hydrogen-bond acceptors (Lipinski definition) is 4. The Labute approximate surface area is 87.8 Å². The maximum Gasteiger partial charge on any atom is 0.133 e. The van der Waals surface area contributed by atoms with Gasteiger partial charge in [-0.05, 0) is 0 Å². The van der Waals surface area contributed by atoms with E-state index in [1.165, 1.54) is 0 Å². The first kappa shape index (κ1) is 9.85. The Bertz CT molecular complexity index is 390. The number of aryl methyl sites for hydroxylation is 1. The summed E-state index contributed by atoms with van der Waals surface area (Å²) < 4.78 is 1.93. The van der Waals surface area contributed by atoms with Crippen molar-refractivity contribution in [3.63, 3.8) is 0 Å². The van der Waals surface area contributed by atoms with Crippen molar-refractivity contribution in [3.8, 4) is 0 Å². The minimum Gasteiger partial charge on any atom is -0.347 e. The van der Waals surface area contributed by atoms with Crippen molar-refractivity contribution in [1.82, 2.24) is 30.0 Å². The minimum absolute atomic E-state index is 0.803. The Morgan fingerprint density at radius 3 is 3.13 bits per heavy atom. The first-order chi connectivity index (χ1) is 7.36. The topological polar surface area (TPSA) is 71.4 Å². The zero-order valence-electron chi connectivity index (χ0n) is 8.64. The van der Waals surface area contributed by atoms with E-state index in [0.29, 0.717) is 0 Å². The molecule has 0 saturated carbocycles. The van der Waals surface area contributed by atoms with E-state index in [-0.39, 0.29) is 0 Å². The fourth-order valence-electron chi connectivity index (χ4n) is 1.34. The molecule has 0 aromatic carbocycles. The molecule has 2 rings (SSSR count). The Morgan fingerprint density at radius 2 is 2.47 bits per heavy atom. The second-order valence-corrected chi connectivity index (χ2v) is 3.36. The Balaban J connectivity index is 1.70. The molecule has 0 saturated heterocycles. The van der Waals surface area contributed by atoms with Gasteiger partial charge in [0.1, 0.15) is 12.2 Å². The molecule has 80 valence electrons. The van der Waals surface area contributed by atoms with E-state index < -0.39 is 0 Å². The van der Waals surface area contributed by atoms with Crippen molar-refractivity contribution in [2.75, 3.05) is 6.54 Å². The number of nitrogens with one attached hydrogen (secondary N) is 2. The van der Waals surface area contributed by atoms with Crippen LogP contribution >= 0.6 is 0 Å². The van der Waals surface area contributed by atoms with E-state index in [1.807, 2.05) is 17.8 Å². The van der Waals surface area contributed by atoms with Crippen molar-refractivity contribution >= 4 is 0 Å². The van der Waals surface area contributed by atoms with Gasteiger partial charge in [-0.3, -0.25) is 0 Å². The van der Waals surface area contributed by atoms with Crippen LogP contribution in [0.1, 0.15) is 11.5 Å². The lowest BCUT2D eigenvalue weighted by Crippen LogP contribution is -2.18. The highest BCUT2D eigenvalue weighted by Crippen LogP contribution is 1.93. The van der Waals surface area contributed by atoms with Crippen LogP contribution in [0.3, 0.4) is 0 Å². The van der Waals surface area contributed by atoms with Gasteiger partial charge in [0.25, 0.3) is 0 Å². The molecule has 0 unspecified atom stereocenters. The monoisotopic (exact) mass is 206 g/mol. The molecule has 2 heterocycles. The normalized spacial score (nSPS) is 10.7. The maximum absolute atomic E-state index is 4.00. The molecule has 0 aliphatic heterocycles. The van der Waals surface area contributed by atoms with Crippen molar-refractivity contribution < 1.29 is 0 Å². The van der Waals surface area contributed by atoms with E-state index in [0.717, 1.165) is 31.0 Å². The number of aromatic amines is 1. The van der Waals surface area contributed by atoms with E-state index in [1.54, 1.807) is 12.7 Å². The Hall–Kier alpha value is -1.69. The van der Waals surface area contributed by atoms with Gasteiger partial charge in [-0.25, -0.2) is 4.98 Å². The average molecular weight is 206 g/mol. The van der Waals surface area contributed by atoms with Crippen molar-refractivity contribution in [2.24, 2.45) is 7.05 Å². The zero-order chi connectivity index (χ0) is 10.5. The maximum atomic E-state index is 4.00. The molecule has 2 N–H and O–H groups in total. The smallest absolute Gasteiger partial charge is 0.133 e. The van der Waals surface area contributed by atoms with Gasteiger partial charge in [0.05, 0.1) is 6.33 Å². The van der Waals surface area contributed by atoms with E-state index >= 15 is 0 Å². The third-order valence-corrected chi connectivity index (χ3v) is 2.20. The molecule has 2 aromatic rings. The van der Waals surface area contributed by atoms with Gasteiger partial charge >= 0.3 is 0 Å². The minimum atomic E-state index is 0.803. The average Bonchev–Trinajstić information content (AvgIpc) is 2.85. The van der Waals surface area contributed by atoms with Crippen LogP contribution < -0.4 is 5.32 Å². The molecular formula is C9H14N6. The van der Waals surface area contributed by atoms with Crippen molar-refractivity contribution in [1.29, 1.82) is 0 Å². The summed E-state index contributed by atoms with van der Waals surface area (Å²) in [4.78, 5) is 6.98. The highest BCUT2D eigenvalue weighted by molar-refractivity contribution is 4.93. The number of H-pyrrole nitrogens is 1. The van der Waals surface area contributed by atoms with Crippen LogP contribution in [0.2, 0.25) is 0 Å². The largest absolute Gasteiger partial charge is 0.347 e. The lowest BCUT2D eigenvalue weighted by Gasteiger charge is -2.02. The molecule has 0 aliphatic carbocycles. The van der Waals surface area contributed by atoms with Gasteiger partial charge in [-0.2, -0.15) is 0 Å². The molecule has 0 aliphatic rings. The van der Waals surface area contributed by atoms with Crippen LogP contribution in [-0.4, -0.2) is 31.3 Å². The van der Waals surface area contributed by atoms with Gasteiger partial charge in [0, 0.05) is 38.4 Å². The standard InChI is InChI=1S/C9H14N6/c1-15-7-13-14-9(15)2-3-10-4-8-5-11-6-12-8/h5-7,10H,2-4H2,1H3,(H,11,12). The number of rotatable bonds is 5. The van der Waals surface area contributed by atoms with E-state index in [2.05, 4.69) is 25.5 Å². The lowest BCUT2D eigenvalue weighted by atomic mass is 10.4. The van der Waals surface area contributed by atoms with Crippen LogP contribution in [0, 0.1) is 0 Å². The third kappa shape index (κ3) is 2.63. The molecule has 0 fully saturated rings. The van der Waals surface area contributed by atoms with Gasteiger partial charge < -0.3 is 14.9 Å². The number of imidazole rings is 1. The third-order valence-electron chi connectivity index (χ3n) is 2.20. The summed E-state index contributed by atoms with van der Waals surface area (Å²) in [5.41, 5.74) is 1.09.